The molecular weight excluding hydrogens is 300 g/mol. The number of hydrogen-bond acceptors (Lipinski definition) is 9. The van der Waals surface area contributed by atoms with E-state index in [1.807, 2.05) is 0 Å². The molecule has 0 spiro atoms. The van der Waals surface area contributed by atoms with Gasteiger partial charge in [-0.15, -0.1) is 0 Å². The number of carbonyl (C=O) groups excluding carboxylic acids is 1. The molecule has 1 saturated heterocycles. The number of rotatable bonds is 6. The Balaban J connectivity index is 3.17. The molecular formula is C13H24O9. The fourth-order valence-electron chi connectivity index (χ4n) is 2.25. The Hall–Kier alpha value is -0.810. The fourth-order valence-corrected chi connectivity index (χ4v) is 2.25. The van der Waals surface area contributed by atoms with Crippen LogP contribution in [0.5, 0.6) is 0 Å². The molecule has 130 valence electrons. The van der Waals surface area contributed by atoms with Crippen LogP contribution in [0.25, 0.3) is 0 Å². The summed E-state index contributed by atoms with van der Waals surface area (Å²) in [5, 5.41) is 59.2. The van der Waals surface area contributed by atoms with E-state index in [9.17, 15) is 30.3 Å². The minimum absolute atomic E-state index is 0.229. The summed E-state index contributed by atoms with van der Waals surface area (Å²) in [5.41, 5.74) is 0. The molecule has 22 heavy (non-hydrogen) atoms. The highest BCUT2D eigenvalue weighted by Gasteiger charge is 2.66. The highest BCUT2D eigenvalue weighted by Crippen LogP contribution is 2.41. The molecule has 0 aromatic heterocycles. The Labute approximate surface area is 127 Å². The minimum Gasteiger partial charge on any atom is -0.422 e. The summed E-state index contributed by atoms with van der Waals surface area (Å²) in [6.07, 6.45) is -6.24. The van der Waals surface area contributed by atoms with Gasteiger partial charge in [-0.2, -0.15) is 0 Å². The Morgan fingerprint density at radius 1 is 1.36 bits per heavy atom. The monoisotopic (exact) mass is 324 g/mol. The molecule has 1 aliphatic rings. The van der Waals surface area contributed by atoms with Crippen LogP contribution in [0.1, 0.15) is 33.1 Å². The second kappa shape index (κ2) is 7.18. The van der Waals surface area contributed by atoms with E-state index in [0.29, 0.717) is 12.8 Å². The molecule has 6 atom stereocenters. The lowest BCUT2D eigenvalue weighted by Crippen LogP contribution is -2.74. The van der Waals surface area contributed by atoms with Gasteiger partial charge in [-0.25, -0.2) is 4.79 Å². The van der Waals surface area contributed by atoms with E-state index < -0.39 is 48.6 Å². The van der Waals surface area contributed by atoms with E-state index in [1.54, 1.807) is 6.92 Å². The number of unbranched alkanes of at least 4 members (excludes halogenated alkanes) is 1. The predicted octanol–water partition coefficient (Wildman–Crippen LogP) is -2.41. The van der Waals surface area contributed by atoms with Crippen molar-refractivity contribution in [2.45, 2.75) is 69.1 Å². The van der Waals surface area contributed by atoms with Crippen molar-refractivity contribution in [3.63, 3.8) is 0 Å². The summed E-state index contributed by atoms with van der Waals surface area (Å²) in [5.74, 6) is -6.84. The third-order valence-electron chi connectivity index (χ3n) is 3.66. The van der Waals surface area contributed by atoms with Crippen molar-refractivity contribution in [1.29, 1.82) is 0 Å². The van der Waals surface area contributed by atoms with E-state index in [0.717, 1.165) is 6.92 Å². The molecule has 0 aliphatic carbocycles. The van der Waals surface area contributed by atoms with Crippen LogP contribution in [0.3, 0.4) is 0 Å². The Kier molecular flexibility index (Phi) is 6.27. The summed E-state index contributed by atoms with van der Waals surface area (Å²) < 4.78 is 9.72. The largest absolute Gasteiger partial charge is 0.422 e. The number of carbonyl (C=O) groups is 1. The zero-order valence-corrected chi connectivity index (χ0v) is 12.5. The molecule has 0 aromatic rings. The van der Waals surface area contributed by atoms with Crippen LogP contribution in [0.4, 0.5) is 0 Å². The van der Waals surface area contributed by atoms with Gasteiger partial charge in [-0.3, -0.25) is 0 Å². The second-order valence-corrected chi connectivity index (χ2v) is 5.46. The lowest BCUT2D eigenvalue weighted by Gasteiger charge is -2.51. The molecule has 0 bridgehead atoms. The first kappa shape index (κ1) is 19.2. The zero-order chi connectivity index (χ0) is 17.1. The smallest absolute Gasteiger partial charge is 0.337 e. The quantitative estimate of drug-likeness (QED) is 0.231. The van der Waals surface area contributed by atoms with E-state index in [4.69, 9.17) is 9.84 Å². The number of ether oxygens (including phenoxy) is 2. The average Bonchev–Trinajstić information content (AvgIpc) is 2.47. The van der Waals surface area contributed by atoms with Crippen LogP contribution in [0, 0.1) is 0 Å². The van der Waals surface area contributed by atoms with Gasteiger partial charge in [0.2, 0.25) is 5.79 Å². The maximum atomic E-state index is 11.5. The van der Waals surface area contributed by atoms with Gasteiger partial charge in [0.15, 0.2) is 6.10 Å². The van der Waals surface area contributed by atoms with Gasteiger partial charge in [0.1, 0.15) is 18.3 Å². The van der Waals surface area contributed by atoms with Gasteiger partial charge in [0.25, 0.3) is 5.79 Å². The van der Waals surface area contributed by atoms with Crippen LogP contribution < -0.4 is 0 Å². The van der Waals surface area contributed by atoms with Crippen molar-refractivity contribution in [3.05, 3.63) is 0 Å². The number of aliphatic hydroxyl groups is 6. The Morgan fingerprint density at radius 3 is 2.41 bits per heavy atom. The highest BCUT2D eigenvalue weighted by molar-refractivity contribution is 5.74. The average molecular weight is 324 g/mol. The molecule has 9 nitrogen and oxygen atoms in total. The molecule has 0 aromatic carbocycles. The first-order valence-corrected chi connectivity index (χ1v) is 7.13. The number of aliphatic hydroxyl groups excluding tert-OH is 4. The van der Waals surface area contributed by atoms with E-state index >= 15 is 0 Å². The van der Waals surface area contributed by atoms with Crippen LogP contribution in [-0.2, 0) is 14.3 Å². The first-order valence-electron chi connectivity index (χ1n) is 7.13. The third-order valence-corrected chi connectivity index (χ3v) is 3.66. The topological polar surface area (TPSA) is 157 Å². The standard InChI is InChI=1S/C13H24O9/c1-3-4-5-12(19)13(20,22-11(18)7(2)15)10(17)9(16)8(6-14)21-12/h7-10,14-17,19-20H,3-6H2,1-2H3/t7?,8-,9-,10+,12?,13-/m1/s1. The van der Waals surface area contributed by atoms with Gasteiger partial charge in [0, 0.05) is 6.42 Å². The number of esters is 1. The summed E-state index contributed by atoms with van der Waals surface area (Å²) >= 11 is 0. The van der Waals surface area contributed by atoms with E-state index in [-0.39, 0.29) is 6.42 Å². The summed E-state index contributed by atoms with van der Waals surface area (Å²) in [6, 6.07) is 0. The molecule has 6 N–H and O–H groups in total. The maximum absolute atomic E-state index is 11.5. The van der Waals surface area contributed by atoms with Gasteiger partial charge in [-0.05, 0) is 13.3 Å². The van der Waals surface area contributed by atoms with Crippen molar-refractivity contribution in [2.24, 2.45) is 0 Å². The summed E-state index contributed by atoms with van der Waals surface area (Å²) in [4.78, 5) is 11.5. The lowest BCUT2D eigenvalue weighted by molar-refractivity contribution is -0.449. The van der Waals surface area contributed by atoms with Crippen LogP contribution in [-0.4, -0.2) is 79.2 Å². The summed E-state index contributed by atoms with van der Waals surface area (Å²) in [7, 11) is 0. The van der Waals surface area contributed by atoms with Crippen molar-refractivity contribution in [2.75, 3.05) is 6.61 Å². The molecule has 2 unspecified atom stereocenters. The predicted molar refractivity (Wildman–Crippen MR) is 71.2 cm³/mol. The van der Waals surface area contributed by atoms with Gasteiger partial charge < -0.3 is 40.1 Å². The van der Waals surface area contributed by atoms with Crippen LogP contribution in [0.2, 0.25) is 0 Å². The van der Waals surface area contributed by atoms with Gasteiger partial charge in [0.05, 0.1) is 6.61 Å². The van der Waals surface area contributed by atoms with E-state index in [2.05, 4.69) is 4.74 Å². The molecule has 0 saturated carbocycles. The van der Waals surface area contributed by atoms with Crippen molar-refractivity contribution >= 4 is 5.97 Å². The molecule has 0 amide bonds. The molecule has 1 heterocycles. The van der Waals surface area contributed by atoms with Gasteiger partial charge >= 0.3 is 5.97 Å². The minimum atomic E-state index is -2.98. The molecule has 1 fully saturated rings. The Bertz CT molecular complexity index is 388. The lowest BCUT2D eigenvalue weighted by atomic mass is 9.86. The van der Waals surface area contributed by atoms with Crippen molar-refractivity contribution < 1.29 is 44.9 Å². The van der Waals surface area contributed by atoms with Gasteiger partial charge in [-0.1, -0.05) is 13.3 Å². The highest BCUT2D eigenvalue weighted by atomic mass is 16.7. The molecule has 9 heteroatoms. The summed E-state index contributed by atoms with van der Waals surface area (Å²) in [6.45, 7) is 2.13. The van der Waals surface area contributed by atoms with Crippen LogP contribution >= 0.6 is 0 Å². The van der Waals surface area contributed by atoms with Crippen molar-refractivity contribution in [3.8, 4) is 0 Å². The second-order valence-electron chi connectivity index (χ2n) is 5.46. The van der Waals surface area contributed by atoms with Crippen LogP contribution in [0.15, 0.2) is 0 Å². The van der Waals surface area contributed by atoms with Crippen molar-refractivity contribution in [1.82, 2.24) is 0 Å². The first-order chi connectivity index (χ1) is 10.1. The zero-order valence-electron chi connectivity index (χ0n) is 12.5. The maximum Gasteiger partial charge on any atom is 0.337 e. The Morgan fingerprint density at radius 2 is 1.95 bits per heavy atom. The normalized spacial score (nSPS) is 40.3. The fraction of sp³-hybridized carbons (Fsp3) is 0.923. The molecule has 1 aliphatic heterocycles. The third kappa shape index (κ3) is 3.40. The molecule has 1 rings (SSSR count). The SMILES string of the molecule is CCCCC1(O)O[C@H](CO)[C@@H](O)[C@H](O)[C@@]1(O)OC(=O)C(C)O. The molecule has 0 radical (unpaired) electrons. The number of hydrogen-bond donors (Lipinski definition) is 6. The van der Waals surface area contributed by atoms with E-state index in [1.165, 1.54) is 0 Å².